The third-order valence-electron chi connectivity index (χ3n) is 3.19. The number of carbonyl (C=O) groups is 3. The van der Waals surface area contributed by atoms with Crippen LogP contribution in [-0.4, -0.2) is 37.0 Å². The Labute approximate surface area is 130 Å². The summed E-state index contributed by atoms with van der Waals surface area (Å²) in [4.78, 5) is 35.2. The van der Waals surface area contributed by atoms with Crippen molar-refractivity contribution in [3.8, 4) is 0 Å². The minimum Gasteiger partial charge on any atom is -0.467 e. The molecule has 0 aliphatic carbocycles. The third-order valence-corrected chi connectivity index (χ3v) is 3.19. The minimum absolute atomic E-state index is 0.304. The summed E-state index contributed by atoms with van der Waals surface area (Å²) in [6.07, 6.45) is 0.764. The number of nitrogens with one attached hydrogen (secondary N) is 2. The summed E-state index contributed by atoms with van der Waals surface area (Å²) in [5.74, 6) is -1.21. The summed E-state index contributed by atoms with van der Waals surface area (Å²) in [5.41, 5.74) is 0.919. The van der Waals surface area contributed by atoms with Gasteiger partial charge >= 0.3 is 5.97 Å². The van der Waals surface area contributed by atoms with Crippen molar-refractivity contribution in [3.63, 3.8) is 0 Å². The highest BCUT2D eigenvalue weighted by Crippen LogP contribution is 2.05. The molecule has 2 amide bonds. The van der Waals surface area contributed by atoms with Crippen LogP contribution >= 0.6 is 0 Å². The number of hydrogen-bond acceptors (Lipinski definition) is 4. The first-order valence-electron chi connectivity index (χ1n) is 7.17. The van der Waals surface area contributed by atoms with Gasteiger partial charge in [-0.25, -0.2) is 4.79 Å². The molecule has 0 saturated carbocycles. The lowest BCUT2D eigenvalue weighted by Crippen LogP contribution is -2.52. The van der Waals surface area contributed by atoms with Gasteiger partial charge in [-0.2, -0.15) is 0 Å². The fourth-order valence-corrected chi connectivity index (χ4v) is 2.05. The van der Waals surface area contributed by atoms with E-state index in [2.05, 4.69) is 15.4 Å². The highest BCUT2D eigenvalue weighted by molar-refractivity contribution is 5.90. The predicted molar refractivity (Wildman–Crippen MR) is 82.0 cm³/mol. The van der Waals surface area contributed by atoms with E-state index in [9.17, 15) is 14.4 Å². The van der Waals surface area contributed by atoms with E-state index in [1.54, 1.807) is 6.92 Å². The van der Waals surface area contributed by atoms with Crippen LogP contribution in [0.3, 0.4) is 0 Å². The summed E-state index contributed by atoms with van der Waals surface area (Å²) >= 11 is 0. The molecular formula is C16H22N2O4. The van der Waals surface area contributed by atoms with E-state index in [1.165, 1.54) is 14.0 Å². The number of amides is 2. The Hall–Kier alpha value is -2.37. The van der Waals surface area contributed by atoms with E-state index in [0.29, 0.717) is 12.8 Å². The van der Waals surface area contributed by atoms with E-state index in [0.717, 1.165) is 5.56 Å². The zero-order valence-corrected chi connectivity index (χ0v) is 13.1. The molecule has 0 aromatic heterocycles. The van der Waals surface area contributed by atoms with E-state index >= 15 is 0 Å². The lowest BCUT2D eigenvalue weighted by atomic mass is 10.0. The Morgan fingerprint density at radius 3 is 2.23 bits per heavy atom. The summed E-state index contributed by atoms with van der Waals surface area (Å²) in [5, 5.41) is 5.23. The first-order valence-corrected chi connectivity index (χ1v) is 7.17. The van der Waals surface area contributed by atoms with Crippen molar-refractivity contribution < 1.29 is 19.1 Å². The average molecular weight is 306 g/mol. The number of rotatable bonds is 7. The van der Waals surface area contributed by atoms with Crippen LogP contribution < -0.4 is 10.6 Å². The van der Waals surface area contributed by atoms with E-state index in [1.807, 2.05) is 30.3 Å². The molecule has 1 rings (SSSR count). The van der Waals surface area contributed by atoms with Gasteiger partial charge in [-0.15, -0.1) is 0 Å². The molecule has 0 unspecified atom stereocenters. The zero-order chi connectivity index (χ0) is 16.5. The van der Waals surface area contributed by atoms with Gasteiger partial charge in [0.2, 0.25) is 11.8 Å². The van der Waals surface area contributed by atoms with Gasteiger partial charge in [-0.05, 0) is 12.0 Å². The molecule has 6 heteroatoms. The van der Waals surface area contributed by atoms with E-state index in [4.69, 9.17) is 0 Å². The zero-order valence-electron chi connectivity index (χ0n) is 13.1. The van der Waals surface area contributed by atoms with Crippen LogP contribution in [0.1, 0.15) is 25.8 Å². The molecule has 2 atom stereocenters. The van der Waals surface area contributed by atoms with Crippen LogP contribution in [0.25, 0.3) is 0 Å². The Morgan fingerprint density at radius 1 is 1.09 bits per heavy atom. The smallest absolute Gasteiger partial charge is 0.328 e. The van der Waals surface area contributed by atoms with Gasteiger partial charge in [0, 0.05) is 13.3 Å². The molecule has 0 saturated heterocycles. The van der Waals surface area contributed by atoms with Crippen LogP contribution in [0.2, 0.25) is 0 Å². The molecule has 0 aliphatic heterocycles. The van der Waals surface area contributed by atoms with Gasteiger partial charge in [0.15, 0.2) is 0 Å². The van der Waals surface area contributed by atoms with Crippen LogP contribution in [0.4, 0.5) is 0 Å². The highest BCUT2D eigenvalue weighted by atomic mass is 16.5. The molecule has 0 bridgehead atoms. The second-order valence-electron chi connectivity index (χ2n) is 4.94. The van der Waals surface area contributed by atoms with Crippen molar-refractivity contribution in [2.24, 2.45) is 0 Å². The quantitative estimate of drug-likeness (QED) is 0.730. The second-order valence-corrected chi connectivity index (χ2v) is 4.94. The number of benzene rings is 1. The van der Waals surface area contributed by atoms with Crippen LogP contribution in [0.5, 0.6) is 0 Å². The topological polar surface area (TPSA) is 84.5 Å². The van der Waals surface area contributed by atoms with Crippen LogP contribution in [0, 0.1) is 0 Å². The number of ether oxygens (including phenoxy) is 1. The Morgan fingerprint density at radius 2 is 1.73 bits per heavy atom. The fraction of sp³-hybridized carbons (Fsp3) is 0.438. The first kappa shape index (κ1) is 17.7. The molecule has 120 valence electrons. The predicted octanol–water partition coefficient (Wildman–Crippen LogP) is 0.802. The number of esters is 1. The number of methoxy groups -OCH3 is 1. The molecule has 0 radical (unpaired) electrons. The summed E-state index contributed by atoms with van der Waals surface area (Å²) in [7, 11) is 1.27. The third kappa shape index (κ3) is 5.55. The molecular weight excluding hydrogens is 284 g/mol. The van der Waals surface area contributed by atoms with Crippen molar-refractivity contribution in [2.45, 2.75) is 38.8 Å². The second kappa shape index (κ2) is 8.81. The summed E-state index contributed by atoms with van der Waals surface area (Å²) in [6, 6.07) is 7.90. The molecule has 1 aromatic carbocycles. The largest absolute Gasteiger partial charge is 0.467 e. The SMILES string of the molecule is CC[C@@H](NC(=O)[C@H](Cc1ccccc1)NC(C)=O)C(=O)OC. The maximum absolute atomic E-state index is 12.3. The van der Waals surface area contributed by atoms with Crippen LogP contribution in [-0.2, 0) is 25.5 Å². The Kier molecular flexibility index (Phi) is 7.08. The maximum Gasteiger partial charge on any atom is 0.328 e. The molecule has 0 spiro atoms. The van der Waals surface area contributed by atoms with Crippen molar-refractivity contribution in [1.82, 2.24) is 10.6 Å². The van der Waals surface area contributed by atoms with E-state index < -0.39 is 24.0 Å². The lowest BCUT2D eigenvalue weighted by molar-refractivity contribution is -0.145. The molecule has 2 N–H and O–H groups in total. The van der Waals surface area contributed by atoms with Gasteiger partial charge < -0.3 is 15.4 Å². The highest BCUT2D eigenvalue weighted by Gasteiger charge is 2.25. The Balaban J connectivity index is 2.79. The first-order chi connectivity index (χ1) is 10.5. The van der Waals surface area contributed by atoms with Gasteiger partial charge in [0.1, 0.15) is 12.1 Å². The van der Waals surface area contributed by atoms with Crippen molar-refractivity contribution in [3.05, 3.63) is 35.9 Å². The summed E-state index contributed by atoms with van der Waals surface area (Å²) in [6.45, 7) is 3.12. The lowest BCUT2D eigenvalue weighted by Gasteiger charge is -2.21. The molecule has 22 heavy (non-hydrogen) atoms. The van der Waals surface area contributed by atoms with Crippen molar-refractivity contribution in [2.75, 3.05) is 7.11 Å². The van der Waals surface area contributed by atoms with Gasteiger partial charge in [0.05, 0.1) is 7.11 Å². The van der Waals surface area contributed by atoms with Gasteiger partial charge in [-0.1, -0.05) is 37.3 Å². The molecule has 1 aromatic rings. The standard InChI is InChI=1S/C16H22N2O4/c1-4-13(16(21)22-3)18-15(20)14(17-11(2)19)10-12-8-6-5-7-9-12/h5-9,13-14H,4,10H2,1-3H3,(H,17,19)(H,18,20)/t13-,14+/m1/s1. The minimum atomic E-state index is -0.737. The molecule has 0 aliphatic rings. The monoisotopic (exact) mass is 306 g/mol. The van der Waals surface area contributed by atoms with Crippen LogP contribution in [0.15, 0.2) is 30.3 Å². The number of carbonyl (C=O) groups excluding carboxylic acids is 3. The van der Waals surface area contributed by atoms with Gasteiger partial charge in [-0.3, -0.25) is 9.59 Å². The van der Waals surface area contributed by atoms with Crippen molar-refractivity contribution in [1.29, 1.82) is 0 Å². The fourth-order valence-electron chi connectivity index (χ4n) is 2.05. The molecule has 0 fully saturated rings. The average Bonchev–Trinajstić information content (AvgIpc) is 2.51. The maximum atomic E-state index is 12.3. The normalized spacial score (nSPS) is 12.9. The Bertz CT molecular complexity index is 516. The van der Waals surface area contributed by atoms with Crippen molar-refractivity contribution >= 4 is 17.8 Å². The number of hydrogen-bond donors (Lipinski definition) is 2. The van der Waals surface area contributed by atoms with E-state index in [-0.39, 0.29) is 5.91 Å². The van der Waals surface area contributed by atoms with Gasteiger partial charge in [0.25, 0.3) is 0 Å². The summed E-state index contributed by atoms with van der Waals surface area (Å²) < 4.78 is 4.64. The molecule has 0 heterocycles. The molecule has 6 nitrogen and oxygen atoms in total.